The van der Waals surface area contributed by atoms with Crippen LogP contribution in [0.15, 0.2) is 24.3 Å². The molecule has 0 saturated heterocycles. The Bertz CT molecular complexity index is 113. The molecule has 0 aliphatic carbocycles. The highest BCUT2D eigenvalue weighted by atomic mass is 14.8. The van der Waals surface area contributed by atoms with Crippen LogP contribution in [-0.4, -0.2) is 13.1 Å². The van der Waals surface area contributed by atoms with Gasteiger partial charge in [-0.2, -0.15) is 0 Å². The first-order valence-electron chi connectivity index (χ1n) is 5.01. The lowest BCUT2D eigenvalue weighted by atomic mass is 10.1. The number of rotatable bonds is 0. The summed E-state index contributed by atoms with van der Waals surface area (Å²) in [6, 6.07) is 0. The fourth-order valence-corrected chi connectivity index (χ4v) is 1.33. The van der Waals surface area contributed by atoms with Crippen molar-refractivity contribution >= 4 is 0 Å². The molecule has 0 aromatic heterocycles. The first kappa shape index (κ1) is 9.53. The first-order chi connectivity index (χ1) is 6.00. The normalized spacial score (nSPS) is 21.3. The second kappa shape index (κ2) is 7.11. The SMILES string of the molecule is C1=CCCNCC=CCCCC1. The molecule has 1 N–H and O–H groups in total. The molecule has 1 heteroatoms. The molecule has 1 aliphatic heterocycles. The van der Waals surface area contributed by atoms with Crippen LogP contribution in [-0.2, 0) is 0 Å². The fourth-order valence-electron chi connectivity index (χ4n) is 1.33. The average molecular weight is 165 g/mol. The lowest BCUT2D eigenvalue weighted by Gasteiger charge is -1.99. The van der Waals surface area contributed by atoms with Crippen molar-refractivity contribution in [3.8, 4) is 0 Å². The molecule has 0 bridgehead atoms. The van der Waals surface area contributed by atoms with Crippen molar-refractivity contribution in [2.24, 2.45) is 0 Å². The Morgan fingerprint density at radius 1 is 0.750 bits per heavy atom. The zero-order chi connectivity index (χ0) is 8.49. The second-order valence-electron chi connectivity index (χ2n) is 3.22. The minimum absolute atomic E-state index is 1.04. The molecule has 0 radical (unpaired) electrons. The van der Waals surface area contributed by atoms with Crippen molar-refractivity contribution < 1.29 is 0 Å². The van der Waals surface area contributed by atoms with Gasteiger partial charge >= 0.3 is 0 Å². The van der Waals surface area contributed by atoms with Crippen LogP contribution in [0, 0.1) is 0 Å². The highest BCUT2D eigenvalue weighted by Gasteiger charge is 1.86. The molecule has 0 amide bonds. The third-order valence-electron chi connectivity index (χ3n) is 2.07. The Labute approximate surface area is 75.6 Å². The number of hydrogen-bond donors (Lipinski definition) is 1. The summed E-state index contributed by atoms with van der Waals surface area (Å²) in [6.07, 6.45) is 15.5. The molecule has 1 heterocycles. The van der Waals surface area contributed by atoms with Gasteiger partial charge in [0.25, 0.3) is 0 Å². The predicted octanol–water partition coefficient (Wildman–Crippen LogP) is 2.65. The predicted molar refractivity (Wildman–Crippen MR) is 54.2 cm³/mol. The van der Waals surface area contributed by atoms with Gasteiger partial charge in [0.1, 0.15) is 0 Å². The first-order valence-corrected chi connectivity index (χ1v) is 5.01. The van der Waals surface area contributed by atoms with Gasteiger partial charge in [-0.05, 0) is 38.6 Å². The summed E-state index contributed by atoms with van der Waals surface area (Å²) in [6.45, 7) is 2.15. The Hall–Kier alpha value is -0.560. The van der Waals surface area contributed by atoms with E-state index in [1.54, 1.807) is 0 Å². The summed E-state index contributed by atoms with van der Waals surface area (Å²) in [4.78, 5) is 0. The van der Waals surface area contributed by atoms with Crippen molar-refractivity contribution in [1.82, 2.24) is 5.32 Å². The zero-order valence-corrected chi connectivity index (χ0v) is 7.76. The smallest absolute Gasteiger partial charge is 0.0135 e. The van der Waals surface area contributed by atoms with Crippen LogP contribution < -0.4 is 5.32 Å². The van der Waals surface area contributed by atoms with Crippen molar-refractivity contribution in [3.05, 3.63) is 24.3 Å². The van der Waals surface area contributed by atoms with Gasteiger partial charge in [0, 0.05) is 6.54 Å². The number of hydrogen-bond acceptors (Lipinski definition) is 1. The third kappa shape index (κ3) is 5.14. The number of allylic oxidation sites excluding steroid dienone is 2. The van der Waals surface area contributed by atoms with Gasteiger partial charge in [0.05, 0.1) is 0 Å². The van der Waals surface area contributed by atoms with Crippen LogP contribution in [0.2, 0.25) is 0 Å². The van der Waals surface area contributed by atoms with Crippen LogP contribution in [0.5, 0.6) is 0 Å². The van der Waals surface area contributed by atoms with E-state index in [2.05, 4.69) is 29.6 Å². The Balaban J connectivity index is 2.18. The minimum Gasteiger partial charge on any atom is -0.313 e. The summed E-state index contributed by atoms with van der Waals surface area (Å²) in [5, 5.41) is 3.37. The van der Waals surface area contributed by atoms with E-state index in [0.717, 1.165) is 13.1 Å². The molecule has 1 nitrogen and oxygen atoms in total. The van der Waals surface area contributed by atoms with Crippen LogP contribution in [0.4, 0.5) is 0 Å². The van der Waals surface area contributed by atoms with E-state index in [9.17, 15) is 0 Å². The Morgan fingerprint density at radius 3 is 2.25 bits per heavy atom. The summed E-state index contributed by atoms with van der Waals surface area (Å²) in [5.74, 6) is 0. The van der Waals surface area contributed by atoms with Crippen LogP contribution in [0.25, 0.3) is 0 Å². The van der Waals surface area contributed by atoms with E-state index >= 15 is 0 Å². The topological polar surface area (TPSA) is 12.0 Å². The number of nitrogens with one attached hydrogen (secondary N) is 1. The van der Waals surface area contributed by atoms with Gasteiger partial charge in [0.15, 0.2) is 0 Å². The molecule has 0 saturated carbocycles. The summed E-state index contributed by atoms with van der Waals surface area (Å²) in [5.41, 5.74) is 0. The van der Waals surface area contributed by atoms with Gasteiger partial charge in [-0.25, -0.2) is 0 Å². The lowest BCUT2D eigenvalue weighted by molar-refractivity contribution is 0.729. The van der Waals surface area contributed by atoms with Crippen LogP contribution in [0.3, 0.4) is 0 Å². The van der Waals surface area contributed by atoms with Crippen LogP contribution >= 0.6 is 0 Å². The lowest BCUT2D eigenvalue weighted by Crippen LogP contribution is -2.14. The molecule has 0 atom stereocenters. The van der Waals surface area contributed by atoms with Crippen molar-refractivity contribution in [2.45, 2.75) is 32.1 Å². The van der Waals surface area contributed by atoms with Crippen molar-refractivity contribution in [1.29, 1.82) is 0 Å². The quantitative estimate of drug-likeness (QED) is 0.544. The van der Waals surface area contributed by atoms with E-state index in [1.807, 2.05) is 0 Å². The van der Waals surface area contributed by atoms with Gasteiger partial charge in [-0.3, -0.25) is 0 Å². The summed E-state index contributed by atoms with van der Waals surface area (Å²) in [7, 11) is 0. The molecule has 1 aliphatic rings. The van der Waals surface area contributed by atoms with Gasteiger partial charge in [-0.1, -0.05) is 24.3 Å². The molecular weight excluding hydrogens is 146 g/mol. The van der Waals surface area contributed by atoms with Gasteiger partial charge in [-0.15, -0.1) is 0 Å². The molecule has 68 valence electrons. The largest absolute Gasteiger partial charge is 0.313 e. The molecular formula is C11H19N. The van der Waals surface area contributed by atoms with Gasteiger partial charge in [0.2, 0.25) is 0 Å². The van der Waals surface area contributed by atoms with E-state index < -0.39 is 0 Å². The fraction of sp³-hybridized carbons (Fsp3) is 0.636. The Morgan fingerprint density at radius 2 is 1.42 bits per heavy atom. The molecule has 0 fully saturated rings. The monoisotopic (exact) mass is 165 g/mol. The second-order valence-corrected chi connectivity index (χ2v) is 3.22. The average Bonchev–Trinajstić information content (AvgIpc) is 2.05. The highest BCUT2D eigenvalue weighted by molar-refractivity contribution is 4.87. The summed E-state index contributed by atoms with van der Waals surface area (Å²) >= 11 is 0. The zero-order valence-electron chi connectivity index (χ0n) is 7.76. The van der Waals surface area contributed by atoms with E-state index in [-0.39, 0.29) is 0 Å². The molecule has 0 spiro atoms. The molecule has 0 aromatic rings. The Kier molecular flexibility index (Phi) is 5.64. The standard InChI is InChI=1S/C11H19N/c1-2-4-6-8-10-12-11-9-7-5-3-1/h4,6-7,9,12H,1-3,5,8,10-11H2. The maximum atomic E-state index is 3.37. The van der Waals surface area contributed by atoms with Crippen LogP contribution in [0.1, 0.15) is 32.1 Å². The highest BCUT2D eigenvalue weighted by Crippen LogP contribution is 2.02. The van der Waals surface area contributed by atoms with E-state index in [4.69, 9.17) is 0 Å². The third-order valence-corrected chi connectivity index (χ3v) is 2.07. The maximum absolute atomic E-state index is 3.37. The van der Waals surface area contributed by atoms with E-state index in [0.29, 0.717) is 0 Å². The molecule has 0 aromatic carbocycles. The minimum atomic E-state index is 1.04. The molecule has 12 heavy (non-hydrogen) atoms. The van der Waals surface area contributed by atoms with Gasteiger partial charge < -0.3 is 5.32 Å². The molecule has 1 rings (SSSR count). The van der Waals surface area contributed by atoms with Crippen molar-refractivity contribution in [2.75, 3.05) is 13.1 Å². The molecule has 0 unspecified atom stereocenters. The summed E-state index contributed by atoms with van der Waals surface area (Å²) < 4.78 is 0. The van der Waals surface area contributed by atoms with E-state index in [1.165, 1.54) is 32.1 Å². The maximum Gasteiger partial charge on any atom is 0.0135 e. The van der Waals surface area contributed by atoms with Crippen molar-refractivity contribution in [3.63, 3.8) is 0 Å².